The van der Waals surface area contributed by atoms with E-state index < -0.39 is 0 Å². The summed E-state index contributed by atoms with van der Waals surface area (Å²) in [5.41, 5.74) is 1.01. The molecule has 2 aromatic rings. The lowest BCUT2D eigenvalue weighted by Gasteiger charge is -2.15. The lowest BCUT2D eigenvalue weighted by Crippen LogP contribution is -2.13. The monoisotopic (exact) mass is 260 g/mol. The fraction of sp³-hybridized carbons (Fsp3) is 0.429. The highest BCUT2D eigenvalue weighted by atomic mass is 16.5. The number of pyridine rings is 1. The average Bonchev–Trinajstić information content (AvgIpc) is 2.87. The Hall–Kier alpha value is -1.88. The Bertz CT molecular complexity index is 483. The second-order valence-electron chi connectivity index (χ2n) is 4.41. The van der Waals surface area contributed by atoms with E-state index in [-0.39, 0.29) is 6.04 Å². The van der Waals surface area contributed by atoms with Gasteiger partial charge in [-0.1, -0.05) is 6.07 Å². The van der Waals surface area contributed by atoms with E-state index in [0.717, 1.165) is 31.2 Å². The SMILES string of the molecule is COCCCn1ccnc1NC(C)c1ccccn1. The van der Waals surface area contributed by atoms with Crippen molar-refractivity contribution in [3.05, 3.63) is 42.5 Å². The normalized spacial score (nSPS) is 12.3. The van der Waals surface area contributed by atoms with Crippen LogP contribution in [0.3, 0.4) is 0 Å². The molecule has 1 atom stereocenters. The molecular formula is C14H20N4O. The molecule has 5 nitrogen and oxygen atoms in total. The van der Waals surface area contributed by atoms with Gasteiger partial charge in [-0.25, -0.2) is 4.98 Å². The smallest absolute Gasteiger partial charge is 0.203 e. The lowest BCUT2D eigenvalue weighted by molar-refractivity contribution is 0.190. The van der Waals surface area contributed by atoms with Crippen molar-refractivity contribution in [1.29, 1.82) is 0 Å². The molecule has 2 rings (SSSR count). The van der Waals surface area contributed by atoms with Gasteiger partial charge >= 0.3 is 0 Å². The van der Waals surface area contributed by atoms with Gasteiger partial charge < -0.3 is 14.6 Å². The van der Waals surface area contributed by atoms with E-state index in [4.69, 9.17) is 4.74 Å². The van der Waals surface area contributed by atoms with E-state index in [1.165, 1.54) is 0 Å². The Labute approximate surface area is 113 Å². The van der Waals surface area contributed by atoms with Gasteiger partial charge in [0, 0.05) is 38.9 Å². The highest BCUT2D eigenvalue weighted by molar-refractivity contribution is 5.30. The lowest BCUT2D eigenvalue weighted by atomic mass is 10.2. The molecule has 0 aromatic carbocycles. The van der Waals surface area contributed by atoms with Crippen molar-refractivity contribution in [2.75, 3.05) is 19.0 Å². The molecule has 1 unspecified atom stereocenters. The van der Waals surface area contributed by atoms with Crippen LogP contribution >= 0.6 is 0 Å². The Balaban J connectivity index is 1.97. The first-order chi connectivity index (χ1) is 9.31. The number of hydrogen-bond acceptors (Lipinski definition) is 4. The van der Waals surface area contributed by atoms with Gasteiger partial charge in [-0.3, -0.25) is 4.98 Å². The van der Waals surface area contributed by atoms with Crippen LogP contribution in [0.1, 0.15) is 25.1 Å². The Morgan fingerprint density at radius 2 is 2.21 bits per heavy atom. The highest BCUT2D eigenvalue weighted by Gasteiger charge is 2.09. The van der Waals surface area contributed by atoms with Crippen LogP contribution in [0.5, 0.6) is 0 Å². The van der Waals surface area contributed by atoms with Crippen LogP contribution in [0, 0.1) is 0 Å². The standard InChI is InChI=1S/C14H20N4O/c1-12(13-6-3-4-7-15-13)17-14-16-8-10-18(14)9-5-11-19-2/h3-4,6-8,10,12H,5,9,11H2,1-2H3,(H,16,17). The molecule has 1 N–H and O–H groups in total. The molecule has 2 aromatic heterocycles. The number of imidazole rings is 1. The summed E-state index contributed by atoms with van der Waals surface area (Å²) in [5, 5.41) is 3.38. The zero-order chi connectivity index (χ0) is 13.5. The summed E-state index contributed by atoms with van der Waals surface area (Å²) in [7, 11) is 1.72. The minimum atomic E-state index is 0.129. The minimum Gasteiger partial charge on any atom is -0.385 e. The van der Waals surface area contributed by atoms with Crippen LogP contribution in [0.25, 0.3) is 0 Å². The minimum absolute atomic E-state index is 0.129. The van der Waals surface area contributed by atoms with Gasteiger partial charge in [-0.15, -0.1) is 0 Å². The first-order valence-electron chi connectivity index (χ1n) is 6.49. The number of nitrogens with zero attached hydrogens (tertiary/aromatic N) is 3. The van der Waals surface area contributed by atoms with Crippen molar-refractivity contribution >= 4 is 5.95 Å². The molecule has 5 heteroatoms. The molecular weight excluding hydrogens is 240 g/mol. The number of ether oxygens (including phenoxy) is 1. The van der Waals surface area contributed by atoms with E-state index in [0.29, 0.717) is 0 Å². The maximum Gasteiger partial charge on any atom is 0.203 e. The van der Waals surface area contributed by atoms with Crippen molar-refractivity contribution in [1.82, 2.24) is 14.5 Å². The van der Waals surface area contributed by atoms with Gasteiger partial charge in [0.15, 0.2) is 0 Å². The number of nitrogens with one attached hydrogen (secondary N) is 1. The first kappa shape index (κ1) is 13.5. The largest absolute Gasteiger partial charge is 0.385 e. The second-order valence-corrected chi connectivity index (χ2v) is 4.41. The Morgan fingerprint density at radius 3 is 2.95 bits per heavy atom. The van der Waals surface area contributed by atoms with E-state index >= 15 is 0 Å². The second kappa shape index (κ2) is 6.89. The summed E-state index contributed by atoms with van der Waals surface area (Å²) < 4.78 is 7.16. The molecule has 0 aliphatic heterocycles. The molecule has 0 bridgehead atoms. The van der Waals surface area contributed by atoms with Crippen molar-refractivity contribution in [2.24, 2.45) is 0 Å². The fourth-order valence-corrected chi connectivity index (χ4v) is 1.91. The van der Waals surface area contributed by atoms with Gasteiger partial charge in [-0.2, -0.15) is 0 Å². The van der Waals surface area contributed by atoms with E-state index in [1.807, 2.05) is 24.4 Å². The van der Waals surface area contributed by atoms with Gasteiger partial charge in [0.25, 0.3) is 0 Å². The summed E-state index contributed by atoms with van der Waals surface area (Å²) in [5.74, 6) is 0.870. The number of methoxy groups -OCH3 is 1. The topological polar surface area (TPSA) is 52.0 Å². The van der Waals surface area contributed by atoms with Gasteiger partial charge in [0.1, 0.15) is 0 Å². The van der Waals surface area contributed by atoms with Crippen LogP contribution in [0.15, 0.2) is 36.8 Å². The summed E-state index contributed by atoms with van der Waals surface area (Å²) in [6, 6.07) is 6.05. The third-order valence-electron chi connectivity index (χ3n) is 2.94. The van der Waals surface area contributed by atoms with Crippen molar-refractivity contribution in [3.63, 3.8) is 0 Å². The zero-order valence-corrected chi connectivity index (χ0v) is 11.4. The number of aryl methyl sites for hydroxylation is 1. The molecule has 0 spiro atoms. The maximum absolute atomic E-state index is 5.07. The summed E-state index contributed by atoms with van der Waals surface area (Å²) in [4.78, 5) is 8.69. The summed E-state index contributed by atoms with van der Waals surface area (Å²) in [6.07, 6.45) is 6.56. The van der Waals surface area contributed by atoms with Crippen molar-refractivity contribution in [2.45, 2.75) is 25.9 Å². The maximum atomic E-state index is 5.07. The van der Waals surface area contributed by atoms with Gasteiger partial charge in [-0.05, 0) is 25.5 Å². The van der Waals surface area contributed by atoms with Crippen LogP contribution in [-0.2, 0) is 11.3 Å². The van der Waals surface area contributed by atoms with E-state index in [2.05, 4.69) is 26.8 Å². The number of rotatable bonds is 7. The molecule has 0 saturated heterocycles. The van der Waals surface area contributed by atoms with E-state index in [1.54, 1.807) is 19.5 Å². The predicted octanol–water partition coefficient (Wildman–Crippen LogP) is 2.49. The van der Waals surface area contributed by atoms with E-state index in [9.17, 15) is 0 Å². The molecule has 0 fully saturated rings. The molecule has 0 amide bonds. The van der Waals surface area contributed by atoms with Crippen LogP contribution in [-0.4, -0.2) is 28.3 Å². The quantitative estimate of drug-likeness (QED) is 0.777. The predicted molar refractivity (Wildman–Crippen MR) is 75.0 cm³/mol. The molecule has 0 saturated carbocycles. The molecule has 0 aliphatic rings. The first-order valence-corrected chi connectivity index (χ1v) is 6.49. The number of aromatic nitrogens is 3. The Kier molecular flexibility index (Phi) is 4.92. The summed E-state index contributed by atoms with van der Waals surface area (Å²) in [6.45, 7) is 3.73. The van der Waals surface area contributed by atoms with Gasteiger partial charge in [0.2, 0.25) is 5.95 Å². The fourth-order valence-electron chi connectivity index (χ4n) is 1.91. The summed E-state index contributed by atoms with van der Waals surface area (Å²) >= 11 is 0. The molecule has 2 heterocycles. The number of hydrogen-bond donors (Lipinski definition) is 1. The molecule has 19 heavy (non-hydrogen) atoms. The highest BCUT2D eigenvalue weighted by Crippen LogP contribution is 2.16. The van der Waals surface area contributed by atoms with Crippen molar-refractivity contribution < 1.29 is 4.74 Å². The average molecular weight is 260 g/mol. The zero-order valence-electron chi connectivity index (χ0n) is 11.4. The number of anilines is 1. The van der Waals surface area contributed by atoms with Crippen LogP contribution < -0.4 is 5.32 Å². The van der Waals surface area contributed by atoms with Crippen LogP contribution in [0.2, 0.25) is 0 Å². The Morgan fingerprint density at radius 1 is 1.32 bits per heavy atom. The molecule has 0 radical (unpaired) electrons. The molecule has 102 valence electrons. The third-order valence-corrected chi connectivity index (χ3v) is 2.94. The molecule has 0 aliphatic carbocycles. The van der Waals surface area contributed by atoms with Crippen molar-refractivity contribution in [3.8, 4) is 0 Å². The third kappa shape index (κ3) is 3.79. The van der Waals surface area contributed by atoms with Crippen LogP contribution in [0.4, 0.5) is 5.95 Å². The van der Waals surface area contributed by atoms with Gasteiger partial charge in [0.05, 0.1) is 11.7 Å².